The van der Waals surface area contributed by atoms with Crippen molar-refractivity contribution in [1.29, 1.82) is 0 Å². The standard InChI is InChI=1S/C6H10.C4H10.C3H5NO4.C2H6.H2/c1-2-3-6-4-5-6;1-4(2)3;5-2(6)1-4-3(7)8;1-2;/h2,6H,1,3-5H2;4H,1-3H3;4H,1H2,(H,5,6)(H,7,8);1-2H3;1H. The third-order valence-electron chi connectivity index (χ3n) is 1.59. The van der Waals surface area contributed by atoms with Crippen molar-refractivity contribution in [2.45, 2.75) is 53.9 Å². The molecule has 0 aliphatic heterocycles. The first kappa shape index (κ1) is 23.6. The van der Waals surface area contributed by atoms with E-state index in [9.17, 15) is 9.59 Å². The SMILES string of the molecule is C=CCC1CC1.CC.CC(C)C.O=C(O)CNC(=O)O.[HH]. The molecule has 1 fully saturated rings. The monoisotopic (exact) mass is 291 g/mol. The van der Waals surface area contributed by atoms with Crippen LogP contribution >= 0.6 is 0 Å². The Morgan fingerprint density at radius 1 is 1.30 bits per heavy atom. The molecule has 1 aliphatic carbocycles. The van der Waals surface area contributed by atoms with Gasteiger partial charge in [0.15, 0.2) is 0 Å². The predicted molar refractivity (Wildman–Crippen MR) is 85.2 cm³/mol. The number of hydrogen-bond acceptors (Lipinski definition) is 2. The van der Waals surface area contributed by atoms with Crippen LogP contribution in [0.25, 0.3) is 0 Å². The number of amides is 1. The molecule has 0 saturated heterocycles. The van der Waals surface area contributed by atoms with E-state index in [-0.39, 0.29) is 1.43 Å². The molecule has 5 heteroatoms. The van der Waals surface area contributed by atoms with Gasteiger partial charge in [-0.25, -0.2) is 4.79 Å². The third kappa shape index (κ3) is 43.9. The Morgan fingerprint density at radius 2 is 1.70 bits per heavy atom. The second kappa shape index (κ2) is 17.5. The smallest absolute Gasteiger partial charge is 0.405 e. The molecule has 1 amide bonds. The van der Waals surface area contributed by atoms with Crippen LogP contribution in [-0.2, 0) is 4.79 Å². The van der Waals surface area contributed by atoms with Crippen molar-refractivity contribution in [2.24, 2.45) is 11.8 Å². The first-order chi connectivity index (χ1) is 9.29. The highest BCUT2D eigenvalue weighted by atomic mass is 16.4. The van der Waals surface area contributed by atoms with Gasteiger partial charge in [-0.3, -0.25) is 4.79 Å². The second-order valence-electron chi connectivity index (χ2n) is 4.75. The van der Waals surface area contributed by atoms with E-state index in [1.54, 1.807) is 5.32 Å². The van der Waals surface area contributed by atoms with Gasteiger partial charge in [0.05, 0.1) is 0 Å². The summed E-state index contributed by atoms with van der Waals surface area (Å²) in [6, 6.07) is 0. The Hall–Kier alpha value is -1.52. The van der Waals surface area contributed by atoms with Gasteiger partial charge in [0.2, 0.25) is 0 Å². The van der Waals surface area contributed by atoms with Gasteiger partial charge in [0, 0.05) is 1.43 Å². The second-order valence-corrected chi connectivity index (χ2v) is 4.75. The van der Waals surface area contributed by atoms with E-state index in [1.165, 1.54) is 19.3 Å². The zero-order valence-corrected chi connectivity index (χ0v) is 13.5. The molecule has 0 atom stereocenters. The molecule has 0 aromatic heterocycles. The average molecular weight is 291 g/mol. The van der Waals surface area contributed by atoms with Gasteiger partial charge >= 0.3 is 12.1 Å². The minimum atomic E-state index is -1.33. The van der Waals surface area contributed by atoms with Crippen LogP contribution in [0.15, 0.2) is 12.7 Å². The minimum Gasteiger partial charge on any atom is -0.480 e. The van der Waals surface area contributed by atoms with Crippen LogP contribution in [0.1, 0.15) is 55.3 Å². The molecule has 0 spiro atoms. The Morgan fingerprint density at radius 3 is 1.80 bits per heavy atom. The van der Waals surface area contributed by atoms with E-state index in [2.05, 4.69) is 27.4 Å². The van der Waals surface area contributed by atoms with Gasteiger partial charge in [-0.15, -0.1) is 6.58 Å². The van der Waals surface area contributed by atoms with Crippen molar-refractivity contribution in [3.05, 3.63) is 12.7 Å². The van der Waals surface area contributed by atoms with E-state index < -0.39 is 18.6 Å². The van der Waals surface area contributed by atoms with Crippen molar-refractivity contribution >= 4 is 12.1 Å². The summed E-state index contributed by atoms with van der Waals surface area (Å²) in [5, 5.41) is 17.3. The molecule has 1 saturated carbocycles. The summed E-state index contributed by atoms with van der Waals surface area (Å²) >= 11 is 0. The summed E-state index contributed by atoms with van der Waals surface area (Å²) < 4.78 is 0. The molecule has 0 unspecified atom stereocenters. The molecule has 1 rings (SSSR count). The number of carbonyl (C=O) groups is 2. The molecule has 0 aromatic carbocycles. The number of hydrogen-bond donors (Lipinski definition) is 3. The van der Waals surface area contributed by atoms with Crippen LogP contribution in [-0.4, -0.2) is 28.8 Å². The largest absolute Gasteiger partial charge is 0.480 e. The Balaban J connectivity index is -0.0000000992. The number of carboxylic acids is 1. The molecular formula is C15H33NO4. The maximum absolute atomic E-state index is 9.58. The summed E-state index contributed by atoms with van der Waals surface area (Å²) in [6.45, 7) is 13.6. The van der Waals surface area contributed by atoms with Crippen LogP contribution in [0.2, 0.25) is 0 Å². The van der Waals surface area contributed by atoms with Crippen LogP contribution in [0.5, 0.6) is 0 Å². The summed E-state index contributed by atoms with van der Waals surface area (Å²) in [7, 11) is 0. The molecule has 122 valence electrons. The molecule has 0 aromatic rings. The number of allylic oxidation sites excluding steroid dienone is 1. The topological polar surface area (TPSA) is 86.6 Å². The molecular weight excluding hydrogens is 258 g/mol. The Kier molecular flexibility index (Phi) is 20.6. The van der Waals surface area contributed by atoms with Crippen LogP contribution in [0, 0.1) is 11.8 Å². The van der Waals surface area contributed by atoms with E-state index in [4.69, 9.17) is 10.2 Å². The molecule has 5 nitrogen and oxygen atoms in total. The lowest BCUT2D eigenvalue weighted by molar-refractivity contribution is -0.135. The summed E-state index contributed by atoms with van der Waals surface area (Å²) in [4.78, 5) is 19.1. The molecule has 0 bridgehead atoms. The Labute approximate surface area is 124 Å². The normalized spacial score (nSPS) is 11.5. The van der Waals surface area contributed by atoms with E-state index in [0.717, 1.165) is 11.8 Å². The highest BCUT2D eigenvalue weighted by molar-refractivity contribution is 5.75. The molecule has 3 N–H and O–H groups in total. The predicted octanol–water partition coefficient (Wildman–Crippen LogP) is 4.25. The van der Waals surface area contributed by atoms with Gasteiger partial charge in [0.1, 0.15) is 6.54 Å². The van der Waals surface area contributed by atoms with E-state index in [1.807, 2.05) is 19.9 Å². The highest BCUT2D eigenvalue weighted by Gasteiger charge is 2.18. The minimum absolute atomic E-state index is 0. The maximum atomic E-state index is 9.58. The summed E-state index contributed by atoms with van der Waals surface area (Å²) in [5.41, 5.74) is 0. The summed E-state index contributed by atoms with van der Waals surface area (Å²) in [6.07, 6.45) is 4.84. The zero-order chi connectivity index (χ0) is 16.6. The number of nitrogens with one attached hydrogen (secondary N) is 1. The van der Waals surface area contributed by atoms with Gasteiger partial charge in [-0.2, -0.15) is 0 Å². The van der Waals surface area contributed by atoms with Crippen molar-refractivity contribution in [1.82, 2.24) is 5.32 Å². The average Bonchev–Trinajstić information content (AvgIpc) is 3.14. The van der Waals surface area contributed by atoms with Gasteiger partial charge in [-0.05, 0) is 31.1 Å². The van der Waals surface area contributed by atoms with Crippen LogP contribution < -0.4 is 5.32 Å². The molecule has 20 heavy (non-hydrogen) atoms. The lowest BCUT2D eigenvalue weighted by Crippen LogP contribution is -2.27. The van der Waals surface area contributed by atoms with Crippen LogP contribution in [0.4, 0.5) is 4.79 Å². The van der Waals surface area contributed by atoms with Crippen LogP contribution in [0.3, 0.4) is 0 Å². The van der Waals surface area contributed by atoms with Gasteiger partial charge < -0.3 is 15.5 Å². The summed E-state index contributed by atoms with van der Waals surface area (Å²) in [5.74, 6) is 0.676. The van der Waals surface area contributed by atoms with Crippen molar-refractivity contribution in [2.75, 3.05) is 6.54 Å². The van der Waals surface area contributed by atoms with Gasteiger partial charge in [0.25, 0.3) is 0 Å². The quantitative estimate of drug-likeness (QED) is 0.676. The van der Waals surface area contributed by atoms with Crippen molar-refractivity contribution < 1.29 is 21.2 Å². The fourth-order valence-electron chi connectivity index (χ4n) is 0.740. The molecule has 1 aliphatic rings. The first-order valence-corrected chi connectivity index (χ1v) is 7.09. The Bertz CT molecular complexity index is 237. The number of aliphatic carboxylic acids is 1. The van der Waals surface area contributed by atoms with Crippen molar-refractivity contribution in [3.63, 3.8) is 0 Å². The van der Waals surface area contributed by atoms with E-state index in [0.29, 0.717) is 0 Å². The first-order valence-electron chi connectivity index (χ1n) is 7.09. The lowest BCUT2D eigenvalue weighted by atomic mass is 10.3. The fourth-order valence-corrected chi connectivity index (χ4v) is 0.740. The fraction of sp³-hybridized carbons (Fsp3) is 0.733. The third-order valence-corrected chi connectivity index (χ3v) is 1.59. The lowest BCUT2D eigenvalue weighted by Gasteiger charge is -1.90. The maximum Gasteiger partial charge on any atom is 0.405 e. The van der Waals surface area contributed by atoms with E-state index >= 15 is 0 Å². The molecule has 0 heterocycles. The van der Waals surface area contributed by atoms with Crippen molar-refractivity contribution in [3.8, 4) is 0 Å². The number of rotatable bonds is 4. The van der Waals surface area contributed by atoms with Gasteiger partial charge in [-0.1, -0.05) is 40.7 Å². The number of carboxylic acid groups (broad SMARTS) is 2. The highest BCUT2D eigenvalue weighted by Crippen LogP contribution is 2.32. The molecule has 0 radical (unpaired) electrons. The zero-order valence-electron chi connectivity index (χ0n) is 13.5.